The maximum atomic E-state index is 12.9. The van der Waals surface area contributed by atoms with E-state index in [9.17, 15) is 4.79 Å². The van der Waals surface area contributed by atoms with Crippen molar-refractivity contribution in [1.82, 2.24) is 14.9 Å². The summed E-state index contributed by atoms with van der Waals surface area (Å²) in [6, 6.07) is 2.13. The quantitative estimate of drug-likeness (QED) is 0.835. The molecule has 128 valence electrons. The highest BCUT2D eigenvalue weighted by Gasteiger charge is 2.28. The first-order chi connectivity index (χ1) is 11.6. The molecule has 6 heteroatoms. The van der Waals surface area contributed by atoms with E-state index in [-0.39, 0.29) is 11.9 Å². The molecule has 0 unspecified atom stereocenters. The number of rotatable bonds is 5. The van der Waals surface area contributed by atoms with Crippen molar-refractivity contribution < 1.29 is 9.53 Å². The number of hydrogen-bond acceptors (Lipinski definition) is 5. The minimum Gasteiger partial charge on any atom is -0.377 e. The zero-order chi connectivity index (χ0) is 16.9. The van der Waals surface area contributed by atoms with Crippen molar-refractivity contribution in [2.24, 2.45) is 0 Å². The number of carbonyl (C=O) groups is 1. The van der Waals surface area contributed by atoms with Gasteiger partial charge in [-0.3, -0.25) is 14.8 Å². The van der Waals surface area contributed by atoms with Gasteiger partial charge in [-0.05, 0) is 24.8 Å². The first-order valence-electron chi connectivity index (χ1n) is 8.37. The summed E-state index contributed by atoms with van der Waals surface area (Å²) in [7, 11) is 0. The van der Waals surface area contributed by atoms with E-state index < -0.39 is 0 Å². The molecule has 0 saturated carbocycles. The molecule has 3 heterocycles. The first kappa shape index (κ1) is 17.0. The third kappa shape index (κ3) is 3.99. The van der Waals surface area contributed by atoms with Crippen LogP contribution in [-0.2, 0) is 11.2 Å². The van der Waals surface area contributed by atoms with Crippen molar-refractivity contribution in [3.63, 3.8) is 0 Å². The maximum Gasteiger partial charge on any atom is 0.255 e. The number of aromatic nitrogens is 2. The fraction of sp³-hybridized carbons (Fsp3) is 0.500. The number of thiophene rings is 1. The first-order valence-corrected chi connectivity index (χ1v) is 9.25. The van der Waals surface area contributed by atoms with Crippen LogP contribution in [0.3, 0.4) is 0 Å². The van der Waals surface area contributed by atoms with Crippen LogP contribution in [0.15, 0.2) is 30.0 Å². The predicted octanol–water partition coefficient (Wildman–Crippen LogP) is 3.14. The molecule has 1 amide bonds. The summed E-state index contributed by atoms with van der Waals surface area (Å²) in [6.45, 7) is 6.15. The molecular weight excluding hydrogens is 322 g/mol. The van der Waals surface area contributed by atoms with Gasteiger partial charge in [0, 0.05) is 35.4 Å². The zero-order valence-electron chi connectivity index (χ0n) is 14.1. The Hall–Kier alpha value is -1.79. The van der Waals surface area contributed by atoms with Crippen LogP contribution in [0.25, 0.3) is 0 Å². The molecule has 1 aliphatic rings. The Labute approximate surface area is 146 Å². The second-order valence-corrected chi connectivity index (χ2v) is 7.30. The summed E-state index contributed by atoms with van der Waals surface area (Å²) in [4.78, 5) is 24.5. The number of ether oxygens (including phenoxy) is 1. The van der Waals surface area contributed by atoms with E-state index in [1.165, 1.54) is 4.88 Å². The summed E-state index contributed by atoms with van der Waals surface area (Å²) < 4.78 is 5.60. The van der Waals surface area contributed by atoms with Crippen LogP contribution in [-0.4, -0.2) is 46.6 Å². The van der Waals surface area contributed by atoms with Crippen molar-refractivity contribution in [3.05, 3.63) is 46.2 Å². The molecule has 1 fully saturated rings. The lowest BCUT2D eigenvalue weighted by Gasteiger charge is -2.35. The molecule has 2 aromatic heterocycles. The number of hydrogen-bond donors (Lipinski definition) is 0. The van der Waals surface area contributed by atoms with Gasteiger partial charge in [0.2, 0.25) is 0 Å². The van der Waals surface area contributed by atoms with E-state index in [4.69, 9.17) is 4.74 Å². The molecule has 0 aliphatic carbocycles. The molecule has 24 heavy (non-hydrogen) atoms. The number of aryl methyl sites for hydroxylation is 1. The Morgan fingerprint density at radius 3 is 3.04 bits per heavy atom. The molecule has 1 saturated heterocycles. The minimum absolute atomic E-state index is 0.0932. The number of carbonyl (C=O) groups excluding carboxylic acids is 1. The third-order valence-electron chi connectivity index (χ3n) is 4.27. The molecular formula is C18H23N3O2S. The normalized spacial score (nSPS) is 18.1. The molecule has 1 aliphatic heterocycles. The molecule has 0 bridgehead atoms. The third-order valence-corrected chi connectivity index (χ3v) is 5.51. The SMILES string of the molecule is CC(C)c1cc(C(=O)N2CCOC[C@H]2CCc2cnccn2)cs1. The van der Waals surface area contributed by atoms with Crippen molar-refractivity contribution in [2.75, 3.05) is 19.8 Å². The molecule has 0 aromatic carbocycles. The number of amides is 1. The summed E-state index contributed by atoms with van der Waals surface area (Å²) in [5.41, 5.74) is 1.75. The monoisotopic (exact) mass is 345 g/mol. The lowest BCUT2D eigenvalue weighted by atomic mass is 10.1. The van der Waals surface area contributed by atoms with Gasteiger partial charge >= 0.3 is 0 Å². The van der Waals surface area contributed by atoms with E-state index in [0.717, 1.165) is 24.1 Å². The fourth-order valence-electron chi connectivity index (χ4n) is 2.87. The molecule has 1 atom stereocenters. The predicted molar refractivity (Wildman–Crippen MR) is 94.4 cm³/mol. The van der Waals surface area contributed by atoms with Gasteiger partial charge in [-0.2, -0.15) is 0 Å². The Kier molecular flexibility index (Phi) is 5.58. The van der Waals surface area contributed by atoms with E-state index in [1.807, 2.05) is 16.3 Å². The van der Waals surface area contributed by atoms with Gasteiger partial charge in [0.25, 0.3) is 5.91 Å². The zero-order valence-corrected chi connectivity index (χ0v) is 15.0. The molecule has 0 radical (unpaired) electrons. The Bertz CT molecular complexity index is 672. The Morgan fingerprint density at radius 2 is 2.33 bits per heavy atom. The number of morpholine rings is 1. The van der Waals surface area contributed by atoms with Gasteiger partial charge in [-0.1, -0.05) is 13.8 Å². The number of nitrogens with zero attached hydrogens (tertiary/aromatic N) is 3. The van der Waals surface area contributed by atoms with E-state index in [0.29, 0.717) is 25.7 Å². The highest BCUT2D eigenvalue weighted by molar-refractivity contribution is 7.10. The molecule has 2 aromatic rings. The van der Waals surface area contributed by atoms with Gasteiger partial charge in [-0.15, -0.1) is 11.3 Å². The van der Waals surface area contributed by atoms with Crippen molar-refractivity contribution in [1.29, 1.82) is 0 Å². The summed E-state index contributed by atoms with van der Waals surface area (Å²) >= 11 is 1.66. The van der Waals surface area contributed by atoms with Crippen LogP contribution in [0, 0.1) is 0 Å². The second-order valence-electron chi connectivity index (χ2n) is 6.36. The highest BCUT2D eigenvalue weighted by Crippen LogP contribution is 2.25. The van der Waals surface area contributed by atoms with E-state index >= 15 is 0 Å². The van der Waals surface area contributed by atoms with Gasteiger partial charge in [-0.25, -0.2) is 0 Å². The highest BCUT2D eigenvalue weighted by atomic mass is 32.1. The lowest BCUT2D eigenvalue weighted by molar-refractivity contribution is -0.00410. The van der Waals surface area contributed by atoms with Gasteiger partial charge < -0.3 is 9.64 Å². The Balaban J connectivity index is 1.67. The fourth-order valence-corrected chi connectivity index (χ4v) is 3.77. The summed E-state index contributed by atoms with van der Waals surface area (Å²) in [5.74, 6) is 0.569. The van der Waals surface area contributed by atoms with Crippen LogP contribution < -0.4 is 0 Å². The van der Waals surface area contributed by atoms with Gasteiger partial charge in [0.05, 0.1) is 30.5 Å². The average molecular weight is 345 g/mol. The van der Waals surface area contributed by atoms with Gasteiger partial charge in [0.15, 0.2) is 0 Å². The van der Waals surface area contributed by atoms with E-state index in [2.05, 4.69) is 23.8 Å². The van der Waals surface area contributed by atoms with Crippen LogP contribution in [0.1, 0.15) is 47.1 Å². The summed E-state index contributed by atoms with van der Waals surface area (Å²) in [6.07, 6.45) is 6.79. The Morgan fingerprint density at radius 1 is 1.46 bits per heavy atom. The van der Waals surface area contributed by atoms with E-state index in [1.54, 1.807) is 29.9 Å². The standard InChI is InChI=1S/C18H23N3O2S/c1-13(2)17-9-14(12-24-17)18(22)21-7-8-23-11-16(21)4-3-15-10-19-5-6-20-15/h5-6,9-10,12-13,16H,3-4,7-8,11H2,1-2H3/t16-/m1/s1. The van der Waals surface area contributed by atoms with Crippen LogP contribution in [0.4, 0.5) is 0 Å². The molecule has 3 rings (SSSR count). The smallest absolute Gasteiger partial charge is 0.255 e. The average Bonchev–Trinajstić information content (AvgIpc) is 3.11. The van der Waals surface area contributed by atoms with Crippen molar-refractivity contribution in [3.8, 4) is 0 Å². The topological polar surface area (TPSA) is 55.3 Å². The summed E-state index contributed by atoms with van der Waals surface area (Å²) in [5, 5.41) is 1.98. The second kappa shape index (κ2) is 7.85. The van der Waals surface area contributed by atoms with Crippen LogP contribution >= 0.6 is 11.3 Å². The van der Waals surface area contributed by atoms with Crippen LogP contribution in [0.5, 0.6) is 0 Å². The minimum atomic E-state index is 0.0932. The largest absolute Gasteiger partial charge is 0.377 e. The maximum absolute atomic E-state index is 12.9. The molecule has 0 N–H and O–H groups in total. The van der Waals surface area contributed by atoms with Crippen molar-refractivity contribution >= 4 is 17.2 Å². The molecule has 0 spiro atoms. The molecule has 5 nitrogen and oxygen atoms in total. The van der Waals surface area contributed by atoms with Crippen molar-refractivity contribution in [2.45, 2.75) is 38.6 Å². The van der Waals surface area contributed by atoms with Gasteiger partial charge in [0.1, 0.15) is 0 Å². The lowest BCUT2D eigenvalue weighted by Crippen LogP contribution is -2.48. The van der Waals surface area contributed by atoms with Crippen LogP contribution in [0.2, 0.25) is 0 Å².